The van der Waals surface area contributed by atoms with Crippen molar-refractivity contribution in [1.82, 2.24) is 5.32 Å². The molecule has 1 aromatic rings. The van der Waals surface area contributed by atoms with Gasteiger partial charge in [0.1, 0.15) is 5.92 Å². The van der Waals surface area contributed by atoms with E-state index in [-0.39, 0.29) is 19.1 Å². The van der Waals surface area contributed by atoms with Gasteiger partial charge in [-0.2, -0.15) is 0 Å². The Kier molecular flexibility index (Phi) is 4.09. The first-order chi connectivity index (χ1) is 9.43. The van der Waals surface area contributed by atoms with E-state index in [0.717, 1.165) is 5.56 Å². The third kappa shape index (κ3) is 2.82. The topological polar surface area (TPSA) is 75.6 Å². The lowest BCUT2D eigenvalue weighted by Gasteiger charge is -2.27. The van der Waals surface area contributed by atoms with Gasteiger partial charge in [-0.1, -0.05) is 30.3 Å². The van der Waals surface area contributed by atoms with Crippen molar-refractivity contribution in [3.8, 4) is 0 Å². The molecule has 2 unspecified atom stereocenters. The molecule has 1 fully saturated rings. The Bertz CT molecular complexity index is 498. The van der Waals surface area contributed by atoms with Crippen LogP contribution in [0.1, 0.15) is 19.4 Å². The predicted octanol–water partition coefficient (Wildman–Crippen LogP) is 1.18. The first-order valence-electron chi connectivity index (χ1n) is 6.60. The van der Waals surface area contributed by atoms with E-state index in [1.54, 1.807) is 0 Å². The number of ether oxygens (including phenoxy) is 1. The molecule has 1 heterocycles. The first-order valence-corrected chi connectivity index (χ1v) is 6.60. The molecule has 1 aromatic carbocycles. The Balaban J connectivity index is 2.10. The van der Waals surface area contributed by atoms with E-state index in [1.807, 2.05) is 44.2 Å². The number of carbonyl (C=O) groups is 2. The van der Waals surface area contributed by atoms with Crippen LogP contribution >= 0.6 is 0 Å². The van der Waals surface area contributed by atoms with Gasteiger partial charge < -0.3 is 15.2 Å². The molecule has 0 spiro atoms. The molecule has 0 bridgehead atoms. The smallest absolute Gasteiger partial charge is 0.311 e. The quantitative estimate of drug-likeness (QED) is 0.866. The average molecular weight is 277 g/mol. The number of hydrogen-bond donors (Lipinski definition) is 2. The molecule has 5 nitrogen and oxygen atoms in total. The van der Waals surface area contributed by atoms with E-state index in [2.05, 4.69) is 5.32 Å². The molecule has 1 saturated heterocycles. The monoisotopic (exact) mass is 277 g/mol. The van der Waals surface area contributed by atoms with Gasteiger partial charge in [0, 0.05) is 0 Å². The summed E-state index contributed by atoms with van der Waals surface area (Å²) in [6.45, 7) is 4.03. The van der Waals surface area contributed by atoms with Crippen molar-refractivity contribution >= 4 is 11.9 Å². The standard InChI is InChI=1S/C15H19NO4/c1-15(2,10-6-4-3-5-7-10)14(19)16-12-9-20-8-11(12)13(17)18/h3-7,11-12H,8-9H2,1-2H3,(H,16,19)(H,17,18). The summed E-state index contributed by atoms with van der Waals surface area (Å²) in [6, 6.07) is 8.95. The van der Waals surface area contributed by atoms with Crippen LogP contribution in [0.15, 0.2) is 30.3 Å². The van der Waals surface area contributed by atoms with Gasteiger partial charge in [0.15, 0.2) is 0 Å². The Labute approximate surface area is 117 Å². The van der Waals surface area contributed by atoms with Crippen LogP contribution in [0.3, 0.4) is 0 Å². The third-order valence-corrected chi connectivity index (χ3v) is 3.78. The van der Waals surface area contributed by atoms with E-state index < -0.39 is 23.3 Å². The summed E-state index contributed by atoms with van der Waals surface area (Å²) in [4.78, 5) is 23.5. The fourth-order valence-electron chi connectivity index (χ4n) is 2.27. The second-order valence-electron chi connectivity index (χ2n) is 5.55. The van der Waals surface area contributed by atoms with E-state index in [0.29, 0.717) is 0 Å². The number of carboxylic acids is 1. The van der Waals surface area contributed by atoms with Crippen molar-refractivity contribution in [3.63, 3.8) is 0 Å². The molecule has 0 radical (unpaired) electrons. The number of hydrogen-bond acceptors (Lipinski definition) is 3. The number of benzene rings is 1. The van der Waals surface area contributed by atoms with Crippen LogP contribution in [0.5, 0.6) is 0 Å². The summed E-state index contributed by atoms with van der Waals surface area (Å²) >= 11 is 0. The van der Waals surface area contributed by atoms with Gasteiger partial charge >= 0.3 is 5.97 Å². The highest BCUT2D eigenvalue weighted by atomic mass is 16.5. The largest absolute Gasteiger partial charge is 0.481 e. The van der Waals surface area contributed by atoms with Gasteiger partial charge in [0.2, 0.25) is 5.91 Å². The summed E-state index contributed by atoms with van der Waals surface area (Å²) in [5.41, 5.74) is 0.177. The van der Waals surface area contributed by atoms with Crippen molar-refractivity contribution in [1.29, 1.82) is 0 Å². The van der Waals surface area contributed by atoms with Gasteiger partial charge in [-0.05, 0) is 19.4 Å². The molecule has 0 aromatic heterocycles. The summed E-state index contributed by atoms with van der Waals surface area (Å²) in [5.74, 6) is -1.80. The van der Waals surface area contributed by atoms with Gasteiger partial charge in [-0.25, -0.2) is 0 Å². The zero-order chi connectivity index (χ0) is 14.8. The minimum atomic E-state index is -0.940. The molecule has 2 N–H and O–H groups in total. The van der Waals surface area contributed by atoms with Crippen molar-refractivity contribution < 1.29 is 19.4 Å². The summed E-state index contributed by atoms with van der Waals surface area (Å²) < 4.78 is 5.15. The van der Waals surface area contributed by atoms with Gasteiger partial charge in [-0.15, -0.1) is 0 Å². The molecule has 20 heavy (non-hydrogen) atoms. The van der Waals surface area contributed by atoms with Crippen molar-refractivity contribution in [2.24, 2.45) is 5.92 Å². The summed E-state index contributed by atoms with van der Waals surface area (Å²) in [6.07, 6.45) is 0. The number of rotatable bonds is 4. The van der Waals surface area contributed by atoms with E-state index in [1.165, 1.54) is 0 Å². The van der Waals surface area contributed by atoms with Crippen LogP contribution in [0.2, 0.25) is 0 Å². The zero-order valence-corrected chi connectivity index (χ0v) is 11.6. The average Bonchev–Trinajstić information content (AvgIpc) is 2.88. The van der Waals surface area contributed by atoms with Crippen LogP contribution in [-0.2, 0) is 19.7 Å². The molecule has 0 aliphatic carbocycles. The van der Waals surface area contributed by atoms with E-state index in [9.17, 15) is 9.59 Å². The minimum absolute atomic E-state index is 0.145. The first kappa shape index (κ1) is 14.5. The molecule has 5 heteroatoms. The van der Waals surface area contributed by atoms with Gasteiger partial charge in [0.25, 0.3) is 0 Å². The second kappa shape index (κ2) is 5.63. The maximum Gasteiger partial charge on any atom is 0.311 e. The highest BCUT2D eigenvalue weighted by Gasteiger charge is 2.38. The van der Waals surface area contributed by atoms with E-state index in [4.69, 9.17) is 9.84 Å². The van der Waals surface area contributed by atoms with Crippen molar-refractivity contribution in [3.05, 3.63) is 35.9 Å². The Morgan fingerprint density at radius 1 is 1.25 bits per heavy atom. The van der Waals surface area contributed by atoms with Crippen LogP contribution in [0.4, 0.5) is 0 Å². The zero-order valence-electron chi connectivity index (χ0n) is 11.6. The number of carboxylic acid groups (broad SMARTS) is 1. The number of aliphatic carboxylic acids is 1. The molecule has 2 rings (SSSR count). The summed E-state index contributed by atoms with van der Waals surface area (Å²) in [5, 5.41) is 11.9. The maximum absolute atomic E-state index is 12.4. The number of amides is 1. The lowest BCUT2D eigenvalue weighted by Crippen LogP contribution is -2.49. The maximum atomic E-state index is 12.4. The molecule has 1 aliphatic heterocycles. The fourth-order valence-corrected chi connectivity index (χ4v) is 2.27. The van der Waals surface area contributed by atoms with Crippen molar-refractivity contribution in [2.75, 3.05) is 13.2 Å². The highest BCUT2D eigenvalue weighted by molar-refractivity contribution is 5.88. The SMILES string of the molecule is CC(C)(C(=O)NC1COCC1C(=O)O)c1ccccc1. The lowest BCUT2D eigenvalue weighted by molar-refractivity contribution is -0.142. The normalized spacial score (nSPS) is 22.5. The molecular weight excluding hydrogens is 258 g/mol. The Hall–Kier alpha value is -1.88. The highest BCUT2D eigenvalue weighted by Crippen LogP contribution is 2.24. The Morgan fingerprint density at radius 2 is 1.90 bits per heavy atom. The molecule has 1 amide bonds. The molecular formula is C15H19NO4. The number of nitrogens with one attached hydrogen (secondary N) is 1. The van der Waals surface area contributed by atoms with Gasteiger partial charge in [0.05, 0.1) is 24.7 Å². The van der Waals surface area contributed by atoms with Crippen LogP contribution in [0, 0.1) is 5.92 Å². The molecule has 108 valence electrons. The molecule has 2 atom stereocenters. The van der Waals surface area contributed by atoms with Crippen LogP contribution in [-0.4, -0.2) is 36.2 Å². The van der Waals surface area contributed by atoms with Crippen LogP contribution < -0.4 is 5.32 Å². The van der Waals surface area contributed by atoms with Crippen molar-refractivity contribution in [2.45, 2.75) is 25.3 Å². The minimum Gasteiger partial charge on any atom is -0.481 e. The molecule has 1 aliphatic rings. The van der Waals surface area contributed by atoms with Gasteiger partial charge in [-0.3, -0.25) is 9.59 Å². The van der Waals surface area contributed by atoms with E-state index >= 15 is 0 Å². The number of carbonyl (C=O) groups excluding carboxylic acids is 1. The third-order valence-electron chi connectivity index (χ3n) is 3.78. The lowest BCUT2D eigenvalue weighted by atomic mass is 9.83. The fraction of sp³-hybridized carbons (Fsp3) is 0.467. The Morgan fingerprint density at radius 3 is 2.50 bits per heavy atom. The molecule has 0 saturated carbocycles. The predicted molar refractivity (Wildman–Crippen MR) is 73.3 cm³/mol. The van der Waals surface area contributed by atoms with Crippen LogP contribution in [0.25, 0.3) is 0 Å². The summed E-state index contributed by atoms with van der Waals surface area (Å²) in [7, 11) is 0. The second-order valence-corrected chi connectivity index (χ2v) is 5.55.